The molecule has 0 aliphatic carbocycles. The highest BCUT2D eigenvalue weighted by atomic mass is 19.2. The molecule has 0 heterocycles. The van der Waals surface area contributed by atoms with Crippen molar-refractivity contribution in [2.45, 2.75) is 26.2 Å². The second-order valence-corrected chi connectivity index (χ2v) is 7.90. The summed E-state index contributed by atoms with van der Waals surface area (Å²) >= 11 is 0. The first-order valence-electron chi connectivity index (χ1n) is 10.7. The lowest BCUT2D eigenvalue weighted by Gasteiger charge is -2.10. The lowest BCUT2D eigenvalue weighted by Crippen LogP contribution is -1.98. The molecule has 0 spiro atoms. The van der Waals surface area contributed by atoms with Crippen LogP contribution in [0, 0.1) is 46.7 Å². The van der Waals surface area contributed by atoms with Crippen LogP contribution in [0.5, 0.6) is 0 Å². The summed E-state index contributed by atoms with van der Waals surface area (Å²) < 4.78 is 85.7. The van der Waals surface area contributed by atoms with Gasteiger partial charge in [0.05, 0.1) is 11.1 Å². The maximum Gasteiger partial charge on any atom is 0.166 e. The number of benzene rings is 4. The van der Waals surface area contributed by atoms with Crippen LogP contribution in [-0.2, 0) is 6.42 Å². The van der Waals surface area contributed by atoms with E-state index >= 15 is 0 Å². The van der Waals surface area contributed by atoms with Crippen molar-refractivity contribution in [3.63, 3.8) is 0 Å². The average Bonchev–Trinajstić information content (AvgIpc) is 2.79. The molecule has 0 saturated carbocycles. The van der Waals surface area contributed by atoms with Gasteiger partial charge < -0.3 is 0 Å². The molecule has 0 atom stereocenters. The van der Waals surface area contributed by atoms with E-state index in [0.29, 0.717) is 22.9 Å². The molecule has 0 saturated heterocycles. The molecule has 0 N–H and O–H groups in total. The van der Waals surface area contributed by atoms with E-state index in [4.69, 9.17) is 0 Å². The summed E-state index contributed by atoms with van der Waals surface area (Å²) in [5.74, 6) is -0.984. The van der Waals surface area contributed by atoms with Gasteiger partial charge in [0.1, 0.15) is 23.3 Å². The van der Waals surface area contributed by atoms with Gasteiger partial charge in [-0.25, -0.2) is 26.3 Å². The van der Waals surface area contributed by atoms with E-state index in [1.54, 1.807) is 0 Å². The molecule has 0 radical (unpaired) electrons. The van der Waals surface area contributed by atoms with Gasteiger partial charge in [0.2, 0.25) is 0 Å². The van der Waals surface area contributed by atoms with Crippen LogP contribution in [-0.4, -0.2) is 0 Å². The maximum absolute atomic E-state index is 14.7. The molecule has 6 heteroatoms. The molecule has 0 fully saturated rings. The van der Waals surface area contributed by atoms with Crippen LogP contribution < -0.4 is 0 Å². The van der Waals surface area contributed by atoms with Gasteiger partial charge in [-0.15, -0.1) is 0 Å². The number of hydrogen-bond donors (Lipinski definition) is 0. The average molecular weight is 468 g/mol. The molecular formula is C28H18F6. The first-order chi connectivity index (χ1) is 16.3. The van der Waals surface area contributed by atoms with E-state index in [2.05, 4.69) is 11.8 Å². The van der Waals surface area contributed by atoms with E-state index in [0.717, 1.165) is 31.0 Å². The lowest BCUT2D eigenvalue weighted by atomic mass is 9.98. The van der Waals surface area contributed by atoms with Gasteiger partial charge >= 0.3 is 0 Å². The van der Waals surface area contributed by atoms with E-state index < -0.39 is 46.0 Å². The summed E-state index contributed by atoms with van der Waals surface area (Å²) in [5.41, 5.74) is -0.570. The Kier molecular flexibility index (Phi) is 6.65. The van der Waals surface area contributed by atoms with Crippen molar-refractivity contribution in [1.29, 1.82) is 0 Å². The third kappa shape index (κ3) is 4.65. The Bertz CT molecular complexity index is 1410. The predicted octanol–water partition coefficient (Wildman–Crippen LogP) is 8.08. The van der Waals surface area contributed by atoms with Crippen molar-refractivity contribution >= 4 is 10.8 Å². The van der Waals surface area contributed by atoms with Crippen LogP contribution in [0.25, 0.3) is 21.9 Å². The fourth-order valence-electron chi connectivity index (χ4n) is 3.74. The normalized spacial score (nSPS) is 10.9. The standard InChI is InChI=1S/C28H18F6/c1-2-3-4-17-12-25(32)27(26(33)13-17)19-14-23(30)21(24(31)15-19)9-6-16-5-8-20-18(11-16)7-10-22(29)28(20)34/h5,7-8,10-15H,2-4H2,1H3. The molecular weight excluding hydrogens is 450 g/mol. The fourth-order valence-corrected chi connectivity index (χ4v) is 3.74. The summed E-state index contributed by atoms with van der Waals surface area (Å²) in [7, 11) is 0. The highest BCUT2D eigenvalue weighted by molar-refractivity contribution is 5.84. The fraction of sp³-hybridized carbons (Fsp3) is 0.143. The molecule has 172 valence electrons. The van der Waals surface area contributed by atoms with Gasteiger partial charge in [0.15, 0.2) is 11.6 Å². The highest BCUT2D eigenvalue weighted by Gasteiger charge is 2.18. The largest absolute Gasteiger partial charge is 0.206 e. The lowest BCUT2D eigenvalue weighted by molar-refractivity contribution is 0.517. The van der Waals surface area contributed by atoms with Crippen LogP contribution in [0.4, 0.5) is 26.3 Å². The van der Waals surface area contributed by atoms with Crippen LogP contribution in [0.2, 0.25) is 0 Å². The minimum Gasteiger partial charge on any atom is -0.206 e. The molecule has 4 aromatic rings. The number of aryl methyl sites for hydroxylation is 1. The number of rotatable bonds is 4. The second kappa shape index (κ2) is 9.64. The molecule has 0 aliphatic heterocycles. The summed E-state index contributed by atoms with van der Waals surface area (Å²) in [6.07, 6.45) is 2.12. The Morgan fingerprint density at radius 3 is 2.00 bits per heavy atom. The molecule has 0 aromatic heterocycles. The van der Waals surface area contributed by atoms with Crippen molar-refractivity contribution in [2.75, 3.05) is 0 Å². The van der Waals surface area contributed by atoms with E-state index in [-0.39, 0.29) is 10.9 Å². The van der Waals surface area contributed by atoms with Crippen molar-refractivity contribution in [1.82, 2.24) is 0 Å². The smallest absolute Gasteiger partial charge is 0.166 e. The number of hydrogen-bond acceptors (Lipinski definition) is 0. The zero-order valence-corrected chi connectivity index (χ0v) is 18.1. The third-order valence-electron chi connectivity index (χ3n) is 5.49. The summed E-state index contributed by atoms with van der Waals surface area (Å²) in [6, 6.07) is 10.5. The molecule has 0 aliphatic rings. The Hall–Kier alpha value is -3.72. The van der Waals surface area contributed by atoms with Crippen LogP contribution in [0.1, 0.15) is 36.5 Å². The zero-order valence-electron chi connectivity index (χ0n) is 18.1. The van der Waals surface area contributed by atoms with Crippen molar-refractivity contribution in [2.24, 2.45) is 0 Å². The Morgan fingerprint density at radius 1 is 0.676 bits per heavy atom. The van der Waals surface area contributed by atoms with Crippen molar-refractivity contribution < 1.29 is 26.3 Å². The van der Waals surface area contributed by atoms with Gasteiger partial charge in [-0.2, -0.15) is 0 Å². The Morgan fingerprint density at radius 2 is 1.35 bits per heavy atom. The molecule has 4 rings (SSSR count). The molecule has 0 amide bonds. The Balaban J connectivity index is 1.68. The van der Waals surface area contributed by atoms with Gasteiger partial charge in [0, 0.05) is 10.9 Å². The van der Waals surface area contributed by atoms with E-state index in [1.165, 1.54) is 36.4 Å². The summed E-state index contributed by atoms with van der Waals surface area (Å²) in [6.45, 7) is 1.96. The zero-order chi connectivity index (χ0) is 24.4. The van der Waals surface area contributed by atoms with E-state index in [1.807, 2.05) is 6.92 Å². The number of unbranched alkanes of at least 4 members (excludes halogenated alkanes) is 1. The van der Waals surface area contributed by atoms with Gasteiger partial charge in [-0.1, -0.05) is 37.3 Å². The third-order valence-corrected chi connectivity index (χ3v) is 5.49. The van der Waals surface area contributed by atoms with Gasteiger partial charge in [0.25, 0.3) is 0 Å². The number of halogens is 6. The van der Waals surface area contributed by atoms with E-state index in [9.17, 15) is 26.3 Å². The minimum absolute atomic E-state index is 0.0528. The molecule has 4 aromatic carbocycles. The molecule has 0 nitrogen and oxygen atoms in total. The van der Waals surface area contributed by atoms with Crippen molar-refractivity contribution in [3.8, 4) is 23.0 Å². The quantitative estimate of drug-likeness (QED) is 0.210. The van der Waals surface area contributed by atoms with Crippen LogP contribution in [0.15, 0.2) is 54.6 Å². The van der Waals surface area contributed by atoms with Gasteiger partial charge in [-0.3, -0.25) is 0 Å². The SMILES string of the molecule is CCCCc1cc(F)c(-c2cc(F)c(C#Cc3ccc4c(F)c(F)ccc4c3)c(F)c2)c(F)c1. The first kappa shape index (κ1) is 23.4. The van der Waals surface area contributed by atoms with Crippen LogP contribution >= 0.6 is 0 Å². The second-order valence-electron chi connectivity index (χ2n) is 7.90. The highest BCUT2D eigenvalue weighted by Crippen LogP contribution is 2.30. The van der Waals surface area contributed by atoms with Crippen molar-refractivity contribution in [3.05, 3.63) is 106 Å². The molecule has 0 unspecified atom stereocenters. The maximum atomic E-state index is 14.7. The summed E-state index contributed by atoms with van der Waals surface area (Å²) in [4.78, 5) is 0. The Labute approximate surface area is 192 Å². The van der Waals surface area contributed by atoms with Crippen LogP contribution in [0.3, 0.4) is 0 Å². The topological polar surface area (TPSA) is 0 Å². The predicted molar refractivity (Wildman–Crippen MR) is 120 cm³/mol. The molecule has 34 heavy (non-hydrogen) atoms. The monoisotopic (exact) mass is 468 g/mol. The molecule has 0 bridgehead atoms. The van der Waals surface area contributed by atoms with Gasteiger partial charge in [-0.05, 0) is 71.8 Å². The minimum atomic E-state index is -1.08. The number of fused-ring (bicyclic) bond motifs is 1. The first-order valence-corrected chi connectivity index (χ1v) is 10.7. The summed E-state index contributed by atoms with van der Waals surface area (Å²) in [5, 5.41) is 0.423.